The number of nitrogens with one attached hydrogen (secondary N) is 2. The Morgan fingerprint density at radius 3 is 2.69 bits per heavy atom. The van der Waals surface area contributed by atoms with E-state index in [1.165, 1.54) is 6.42 Å². The first kappa shape index (κ1) is 20.6. The van der Waals surface area contributed by atoms with Crippen molar-refractivity contribution < 1.29 is 4.79 Å². The second kappa shape index (κ2) is 8.35. The minimum absolute atomic E-state index is 0.0253. The van der Waals surface area contributed by atoms with Crippen molar-refractivity contribution in [3.05, 3.63) is 63.8 Å². The highest BCUT2D eigenvalue weighted by atomic mass is 16.1. The van der Waals surface area contributed by atoms with Gasteiger partial charge in [0.25, 0.3) is 11.5 Å². The number of hydrogen-bond acceptors (Lipinski definition) is 6. The lowest BCUT2D eigenvalue weighted by Gasteiger charge is -2.54. The highest BCUT2D eigenvalue weighted by Gasteiger charge is 2.42. The van der Waals surface area contributed by atoms with E-state index in [9.17, 15) is 9.59 Å². The molecule has 1 saturated heterocycles. The first-order valence-electron chi connectivity index (χ1n) is 11.3. The molecule has 0 radical (unpaired) electrons. The molecule has 8 nitrogen and oxygen atoms in total. The number of anilines is 1. The van der Waals surface area contributed by atoms with E-state index in [1.807, 2.05) is 31.5 Å². The molecule has 2 aliphatic rings. The number of aromatic nitrogens is 3. The Morgan fingerprint density at radius 2 is 2.00 bits per heavy atom. The van der Waals surface area contributed by atoms with Gasteiger partial charge in [0.05, 0.1) is 22.9 Å². The maximum atomic E-state index is 12.2. The normalized spacial score (nSPS) is 20.6. The highest BCUT2D eigenvalue weighted by Crippen LogP contribution is 2.37. The van der Waals surface area contributed by atoms with Crippen LogP contribution in [0.5, 0.6) is 0 Å². The standard InChI is InChI=1S/C24H28N6O2/c1-3-16-11-19-20(28-23(16)31)10-15(12-26-19)14-29-8-9-30(22-7-6-21(22)29)17-4-5-18(27-13-17)24(32)25-2/h4-5,10-13,21-22H,3,6-9,14H2,1-2H3,(H,25,32)(H,28,31)/t21?,22-/m1/s1. The van der Waals surface area contributed by atoms with Crippen molar-refractivity contribution >= 4 is 22.6 Å². The summed E-state index contributed by atoms with van der Waals surface area (Å²) in [5.41, 5.74) is 5.01. The van der Waals surface area contributed by atoms with Gasteiger partial charge in [-0.25, -0.2) is 4.98 Å². The summed E-state index contributed by atoms with van der Waals surface area (Å²) >= 11 is 0. The Balaban J connectivity index is 1.30. The van der Waals surface area contributed by atoms with Crippen LogP contribution in [-0.4, -0.2) is 58.0 Å². The van der Waals surface area contributed by atoms with Crippen LogP contribution in [0.4, 0.5) is 5.69 Å². The van der Waals surface area contributed by atoms with Gasteiger partial charge in [-0.05, 0) is 49.1 Å². The van der Waals surface area contributed by atoms with E-state index < -0.39 is 0 Å². The Kier molecular flexibility index (Phi) is 5.38. The molecule has 0 aromatic carbocycles. The van der Waals surface area contributed by atoms with Crippen LogP contribution >= 0.6 is 0 Å². The van der Waals surface area contributed by atoms with E-state index in [2.05, 4.69) is 36.1 Å². The molecule has 5 rings (SSSR count). The fourth-order valence-corrected chi connectivity index (χ4v) is 4.91. The molecule has 1 amide bonds. The predicted octanol–water partition coefficient (Wildman–Crippen LogP) is 2.09. The van der Waals surface area contributed by atoms with Crippen molar-refractivity contribution in [2.75, 3.05) is 25.0 Å². The number of hydrogen-bond donors (Lipinski definition) is 2. The number of carbonyl (C=O) groups excluding carboxylic acids is 1. The Hall–Kier alpha value is -3.26. The Labute approximate surface area is 186 Å². The summed E-state index contributed by atoms with van der Waals surface area (Å²) in [7, 11) is 1.61. The third-order valence-corrected chi connectivity index (χ3v) is 6.83. The fraction of sp³-hybridized carbons (Fsp3) is 0.417. The average molecular weight is 433 g/mol. The molecule has 32 heavy (non-hydrogen) atoms. The molecule has 0 spiro atoms. The van der Waals surface area contributed by atoms with Crippen molar-refractivity contribution in [1.82, 2.24) is 25.2 Å². The molecule has 2 atom stereocenters. The van der Waals surface area contributed by atoms with Crippen molar-refractivity contribution in [3.8, 4) is 0 Å². The van der Waals surface area contributed by atoms with Crippen LogP contribution in [-0.2, 0) is 13.0 Å². The van der Waals surface area contributed by atoms with Crippen LogP contribution in [0.15, 0.2) is 41.5 Å². The molecule has 1 aliphatic heterocycles. The summed E-state index contributed by atoms with van der Waals surface area (Å²) < 4.78 is 0. The van der Waals surface area contributed by atoms with Gasteiger partial charge in [0.1, 0.15) is 5.69 Å². The first-order valence-corrected chi connectivity index (χ1v) is 11.3. The number of piperazine rings is 1. The van der Waals surface area contributed by atoms with E-state index in [0.29, 0.717) is 24.2 Å². The van der Waals surface area contributed by atoms with Crippen LogP contribution in [0.3, 0.4) is 0 Å². The molecule has 4 heterocycles. The van der Waals surface area contributed by atoms with Gasteiger partial charge in [-0.1, -0.05) is 6.92 Å². The molecule has 8 heteroatoms. The van der Waals surface area contributed by atoms with E-state index in [0.717, 1.165) is 53.9 Å². The predicted molar refractivity (Wildman–Crippen MR) is 124 cm³/mol. The van der Waals surface area contributed by atoms with Gasteiger partial charge >= 0.3 is 0 Å². The molecular weight excluding hydrogens is 404 g/mol. The minimum Gasteiger partial charge on any atom is -0.364 e. The second-order valence-electron chi connectivity index (χ2n) is 8.61. The average Bonchev–Trinajstić information content (AvgIpc) is 2.79. The third-order valence-electron chi connectivity index (χ3n) is 6.83. The lowest BCUT2D eigenvalue weighted by molar-refractivity contribution is 0.0658. The zero-order chi connectivity index (χ0) is 22.2. The van der Waals surface area contributed by atoms with E-state index >= 15 is 0 Å². The largest absolute Gasteiger partial charge is 0.364 e. The van der Waals surface area contributed by atoms with Gasteiger partial charge in [0, 0.05) is 50.5 Å². The van der Waals surface area contributed by atoms with Crippen molar-refractivity contribution in [2.24, 2.45) is 0 Å². The molecule has 166 valence electrons. The number of fused-ring (bicyclic) bond motifs is 2. The zero-order valence-electron chi connectivity index (χ0n) is 18.5. The van der Waals surface area contributed by atoms with Gasteiger partial charge in [0.15, 0.2) is 0 Å². The number of pyridine rings is 3. The molecule has 3 aromatic heterocycles. The van der Waals surface area contributed by atoms with Gasteiger partial charge in [-0.2, -0.15) is 0 Å². The number of nitrogens with zero attached hydrogens (tertiary/aromatic N) is 4. The van der Waals surface area contributed by atoms with Crippen LogP contribution in [0.2, 0.25) is 0 Å². The molecule has 1 unspecified atom stereocenters. The topological polar surface area (TPSA) is 94.2 Å². The summed E-state index contributed by atoms with van der Waals surface area (Å²) in [5.74, 6) is -0.167. The lowest BCUT2D eigenvalue weighted by atomic mass is 9.81. The first-order chi connectivity index (χ1) is 15.6. The van der Waals surface area contributed by atoms with Gasteiger partial charge in [-0.15, -0.1) is 0 Å². The Bertz CT molecular complexity index is 1210. The van der Waals surface area contributed by atoms with Gasteiger partial charge in [0.2, 0.25) is 0 Å². The monoisotopic (exact) mass is 432 g/mol. The quantitative estimate of drug-likeness (QED) is 0.641. The summed E-state index contributed by atoms with van der Waals surface area (Å²) in [6, 6.07) is 8.68. The van der Waals surface area contributed by atoms with Gasteiger partial charge < -0.3 is 15.2 Å². The van der Waals surface area contributed by atoms with Crippen molar-refractivity contribution in [3.63, 3.8) is 0 Å². The highest BCUT2D eigenvalue weighted by molar-refractivity contribution is 5.92. The smallest absolute Gasteiger partial charge is 0.269 e. The van der Waals surface area contributed by atoms with Crippen LogP contribution in [0, 0.1) is 0 Å². The third kappa shape index (κ3) is 3.64. The number of rotatable bonds is 5. The second-order valence-corrected chi connectivity index (χ2v) is 8.61. The molecule has 1 saturated carbocycles. The maximum absolute atomic E-state index is 12.2. The van der Waals surface area contributed by atoms with E-state index in [-0.39, 0.29) is 11.5 Å². The fourth-order valence-electron chi connectivity index (χ4n) is 4.91. The summed E-state index contributed by atoms with van der Waals surface area (Å²) in [4.78, 5) is 40.8. The van der Waals surface area contributed by atoms with Crippen molar-refractivity contribution in [2.45, 2.75) is 44.8 Å². The number of aromatic amines is 1. The Morgan fingerprint density at radius 1 is 1.16 bits per heavy atom. The summed E-state index contributed by atoms with van der Waals surface area (Å²) in [6.07, 6.45) is 6.77. The molecule has 2 fully saturated rings. The number of aryl methyl sites for hydroxylation is 1. The minimum atomic E-state index is -0.167. The van der Waals surface area contributed by atoms with E-state index in [1.54, 1.807) is 13.1 Å². The van der Waals surface area contributed by atoms with Gasteiger partial charge in [-0.3, -0.25) is 19.5 Å². The maximum Gasteiger partial charge on any atom is 0.269 e. The molecule has 1 aliphatic carbocycles. The number of H-pyrrole nitrogens is 1. The van der Waals surface area contributed by atoms with Crippen LogP contribution < -0.4 is 15.8 Å². The van der Waals surface area contributed by atoms with Crippen molar-refractivity contribution in [1.29, 1.82) is 0 Å². The number of amides is 1. The molecule has 3 aromatic rings. The summed E-state index contributed by atoms with van der Waals surface area (Å²) in [6.45, 7) is 4.66. The van der Waals surface area contributed by atoms with Crippen LogP contribution in [0.1, 0.15) is 41.4 Å². The zero-order valence-corrected chi connectivity index (χ0v) is 18.5. The van der Waals surface area contributed by atoms with Crippen LogP contribution in [0.25, 0.3) is 11.0 Å². The summed E-state index contributed by atoms with van der Waals surface area (Å²) in [5, 5.41) is 2.61. The molecule has 0 bridgehead atoms. The lowest BCUT2D eigenvalue weighted by Crippen LogP contribution is -2.64. The number of carbonyl (C=O) groups is 1. The molecular formula is C24H28N6O2. The molecule has 2 N–H and O–H groups in total. The van der Waals surface area contributed by atoms with E-state index in [4.69, 9.17) is 0 Å². The SMILES string of the molecule is CCc1cc2ncc(CN3CCN(c4ccc(C(=O)NC)nc4)[C@@H]4CCC43)cc2[nH]c1=O.